The van der Waals surface area contributed by atoms with Crippen molar-refractivity contribution < 1.29 is 32.6 Å². The average Bonchev–Trinajstić information content (AvgIpc) is 3.28. The third-order valence-electron chi connectivity index (χ3n) is 6.96. The number of H-pyrrole nitrogens is 1. The Balaban J connectivity index is 0.000000448. The topological polar surface area (TPSA) is 132 Å². The minimum Gasteiger partial charge on any atom is -0.497 e. The third kappa shape index (κ3) is 7.16. The molecule has 1 aliphatic carbocycles. The normalized spacial score (nSPS) is 19.9. The molecule has 5 rings (SSSR count). The number of piperidine rings is 1. The van der Waals surface area contributed by atoms with Crippen molar-refractivity contribution >= 4 is 28.7 Å². The largest absolute Gasteiger partial charge is 0.497 e. The molecule has 1 aliphatic heterocycles. The van der Waals surface area contributed by atoms with Crippen molar-refractivity contribution in [2.75, 3.05) is 19.0 Å². The maximum Gasteiger partial charge on any atom is 0.490 e. The van der Waals surface area contributed by atoms with E-state index in [9.17, 15) is 18.0 Å². The summed E-state index contributed by atoms with van der Waals surface area (Å²) in [7, 11) is 1.67. The van der Waals surface area contributed by atoms with Gasteiger partial charge in [0.2, 0.25) is 0 Å². The summed E-state index contributed by atoms with van der Waals surface area (Å²) in [5.74, 6) is -0.987. The lowest BCUT2D eigenvalue weighted by Gasteiger charge is -2.46. The van der Waals surface area contributed by atoms with E-state index in [-0.39, 0.29) is 18.1 Å². The third-order valence-corrected chi connectivity index (χ3v) is 6.96. The molecule has 0 unspecified atom stereocenters. The molecular weight excluding hydrogens is 517 g/mol. The van der Waals surface area contributed by atoms with Crippen LogP contribution >= 0.6 is 0 Å². The van der Waals surface area contributed by atoms with Crippen LogP contribution in [0.1, 0.15) is 49.7 Å². The highest BCUT2D eigenvalue weighted by Gasteiger charge is 2.39. The molecule has 210 valence electrons. The molecule has 2 aromatic heterocycles. The molecule has 2 amide bonds. The molecule has 10 nitrogen and oxygen atoms in total. The first-order valence-corrected chi connectivity index (χ1v) is 12.6. The maximum absolute atomic E-state index is 12.6. The first-order chi connectivity index (χ1) is 18.5. The minimum absolute atomic E-state index is 0.0810. The Kier molecular flexibility index (Phi) is 8.58. The Hall–Kier alpha value is -3.87. The number of ether oxygens (including phenoxy) is 1. The van der Waals surface area contributed by atoms with Crippen LogP contribution in [0, 0.1) is 6.92 Å². The zero-order chi connectivity index (χ0) is 28.2. The monoisotopic (exact) mass is 548 g/mol. The Morgan fingerprint density at radius 3 is 2.51 bits per heavy atom. The number of alkyl halides is 3. The Morgan fingerprint density at radius 2 is 1.92 bits per heavy atom. The van der Waals surface area contributed by atoms with Crippen molar-refractivity contribution in [1.82, 2.24) is 25.2 Å². The van der Waals surface area contributed by atoms with E-state index in [1.54, 1.807) is 13.3 Å². The van der Waals surface area contributed by atoms with Gasteiger partial charge in [-0.15, -0.1) is 0 Å². The lowest BCUT2D eigenvalue weighted by Crippen LogP contribution is -2.52. The summed E-state index contributed by atoms with van der Waals surface area (Å²) in [5, 5.41) is 13.2. The fourth-order valence-corrected chi connectivity index (χ4v) is 4.72. The number of nitrogens with zero attached hydrogens (tertiary/aromatic N) is 3. The number of carboxylic acids is 1. The quantitative estimate of drug-likeness (QED) is 0.361. The summed E-state index contributed by atoms with van der Waals surface area (Å²) in [6, 6.07) is 10.3. The van der Waals surface area contributed by atoms with Gasteiger partial charge in [-0.3, -0.25) is 9.88 Å². The predicted octanol–water partition coefficient (Wildman–Crippen LogP) is 4.79. The van der Waals surface area contributed by atoms with Gasteiger partial charge in [-0.25, -0.2) is 14.6 Å². The number of nitrogens with one attached hydrogen (secondary N) is 3. The van der Waals surface area contributed by atoms with E-state index in [2.05, 4.69) is 25.5 Å². The SMILES string of the molecule is COc1ccc2[nH]c([C@H]3C[C@H](NC(=O)Nc4ccc(C)nc4)CCN3C3CCC3)nc2c1.O=C(O)C(F)(F)F. The molecule has 13 heteroatoms. The van der Waals surface area contributed by atoms with Gasteiger partial charge in [0.1, 0.15) is 11.6 Å². The van der Waals surface area contributed by atoms with Gasteiger partial charge in [-0.2, -0.15) is 13.2 Å². The number of fused-ring (bicyclic) bond motifs is 1. The first-order valence-electron chi connectivity index (χ1n) is 12.6. The highest BCUT2D eigenvalue weighted by molar-refractivity contribution is 5.89. The van der Waals surface area contributed by atoms with Crippen LogP contribution in [0.3, 0.4) is 0 Å². The Labute approximate surface area is 223 Å². The van der Waals surface area contributed by atoms with Crippen LogP contribution in [0.4, 0.5) is 23.7 Å². The lowest BCUT2D eigenvalue weighted by atomic mass is 9.86. The maximum atomic E-state index is 12.6. The van der Waals surface area contributed by atoms with Crippen LogP contribution in [-0.2, 0) is 4.79 Å². The summed E-state index contributed by atoms with van der Waals surface area (Å²) >= 11 is 0. The number of hydrogen-bond donors (Lipinski definition) is 4. The summed E-state index contributed by atoms with van der Waals surface area (Å²) in [6.45, 7) is 2.88. The van der Waals surface area contributed by atoms with Gasteiger partial charge in [0.05, 0.1) is 36.1 Å². The number of urea groups is 1. The molecule has 3 aromatic rings. The van der Waals surface area contributed by atoms with Crippen molar-refractivity contribution in [3.8, 4) is 5.75 Å². The molecule has 1 saturated carbocycles. The van der Waals surface area contributed by atoms with Crippen molar-refractivity contribution in [1.29, 1.82) is 0 Å². The minimum atomic E-state index is -5.08. The molecule has 3 heterocycles. The molecule has 2 atom stereocenters. The highest BCUT2D eigenvalue weighted by Crippen LogP contribution is 2.38. The number of aryl methyl sites for hydroxylation is 1. The zero-order valence-electron chi connectivity index (χ0n) is 21.6. The molecule has 2 fully saturated rings. The highest BCUT2D eigenvalue weighted by atomic mass is 19.4. The van der Waals surface area contributed by atoms with Gasteiger partial charge in [0, 0.05) is 30.4 Å². The molecule has 0 bridgehead atoms. The number of pyridine rings is 1. The van der Waals surface area contributed by atoms with Crippen LogP contribution in [0.25, 0.3) is 11.0 Å². The second kappa shape index (κ2) is 11.9. The van der Waals surface area contributed by atoms with Crippen molar-refractivity contribution in [3.63, 3.8) is 0 Å². The number of methoxy groups -OCH3 is 1. The Morgan fingerprint density at radius 1 is 1.18 bits per heavy atom. The number of benzene rings is 1. The first kappa shape index (κ1) is 28.1. The van der Waals surface area contributed by atoms with Crippen LogP contribution in [0.15, 0.2) is 36.5 Å². The second-order valence-corrected chi connectivity index (χ2v) is 9.65. The number of hydrogen-bond acceptors (Lipinski definition) is 6. The standard InChI is InChI=1S/C24H30N6O2.C2HF3O2/c1-15-6-7-17(14-25-15)27-24(31)26-16-10-11-30(18-4-3-5-18)22(12-16)23-28-20-9-8-19(32-2)13-21(20)29-23;3-2(4,5)1(6)7/h6-9,13-14,16,18,22H,3-5,10-12H2,1-2H3,(H,28,29)(H2,26,27,31);(H,6,7)/t16-,22-;/m1./s1. The number of rotatable bonds is 5. The fourth-order valence-electron chi connectivity index (χ4n) is 4.72. The number of aliphatic carboxylic acids is 1. The molecule has 2 aliphatic rings. The van der Waals surface area contributed by atoms with Crippen molar-refractivity contribution in [2.45, 2.75) is 63.3 Å². The fraction of sp³-hybridized carbons (Fsp3) is 0.462. The van der Waals surface area contributed by atoms with Gasteiger partial charge in [0.15, 0.2) is 0 Å². The van der Waals surface area contributed by atoms with E-state index < -0.39 is 12.1 Å². The smallest absolute Gasteiger partial charge is 0.490 e. The second-order valence-electron chi connectivity index (χ2n) is 9.65. The summed E-state index contributed by atoms with van der Waals surface area (Å²) in [4.78, 5) is 36.8. The number of carbonyl (C=O) groups is 2. The number of carboxylic acid groups (broad SMARTS) is 1. The van der Waals surface area contributed by atoms with Gasteiger partial charge < -0.3 is 25.5 Å². The number of anilines is 1. The van der Waals surface area contributed by atoms with E-state index in [1.165, 1.54) is 19.3 Å². The van der Waals surface area contributed by atoms with Crippen molar-refractivity contribution in [3.05, 3.63) is 48.0 Å². The van der Waals surface area contributed by atoms with Gasteiger partial charge in [-0.1, -0.05) is 6.42 Å². The molecule has 39 heavy (non-hydrogen) atoms. The number of aromatic amines is 1. The summed E-state index contributed by atoms with van der Waals surface area (Å²) in [5.41, 5.74) is 3.54. The molecule has 0 spiro atoms. The van der Waals surface area contributed by atoms with Gasteiger partial charge >= 0.3 is 18.2 Å². The number of imidazole rings is 1. The molecule has 1 aromatic carbocycles. The molecule has 0 radical (unpaired) electrons. The van der Waals surface area contributed by atoms with E-state index in [1.807, 2.05) is 37.3 Å². The zero-order valence-corrected chi connectivity index (χ0v) is 21.6. The van der Waals surface area contributed by atoms with E-state index in [0.29, 0.717) is 11.7 Å². The van der Waals surface area contributed by atoms with Crippen LogP contribution in [-0.4, -0.2) is 68.9 Å². The Bertz CT molecular complexity index is 1290. The van der Waals surface area contributed by atoms with E-state index >= 15 is 0 Å². The van der Waals surface area contributed by atoms with Crippen LogP contribution < -0.4 is 15.4 Å². The molecular formula is C26H31F3N6O4. The average molecular weight is 549 g/mol. The van der Waals surface area contributed by atoms with Crippen LogP contribution in [0.2, 0.25) is 0 Å². The van der Waals surface area contributed by atoms with E-state index in [4.69, 9.17) is 19.6 Å². The molecule has 4 N–H and O–H groups in total. The van der Waals surface area contributed by atoms with Crippen LogP contribution in [0.5, 0.6) is 5.75 Å². The molecule has 1 saturated heterocycles. The lowest BCUT2D eigenvalue weighted by molar-refractivity contribution is -0.192. The number of amides is 2. The summed E-state index contributed by atoms with van der Waals surface area (Å²) < 4.78 is 37.1. The van der Waals surface area contributed by atoms with Gasteiger partial charge in [-0.05, 0) is 56.9 Å². The van der Waals surface area contributed by atoms with Gasteiger partial charge in [0.25, 0.3) is 0 Å². The summed E-state index contributed by atoms with van der Waals surface area (Å²) in [6.07, 6.45) is 2.13. The number of likely N-dealkylation sites (tertiary alicyclic amines) is 1. The van der Waals surface area contributed by atoms with E-state index in [0.717, 1.165) is 47.7 Å². The number of halogens is 3. The van der Waals surface area contributed by atoms with Crippen molar-refractivity contribution in [2.24, 2.45) is 0 Å². The number of aromatic nitrogens is 3. The number of carbonyl (C=O) groups excluding carboxylic acids is 1. The predicted molar refractivity (Wildman–Crippen MR) is 138 cm³/mol.